The van der Waals surface area contributed by atoms with Gasteiger partial charge < -0.3 is 9.47 Å². The fourth-order valence-corrected chi connectivity index (χ4v) is 3.26. The van der Waals surface area contributed by atoms with Crippen molar-refractivity contribution in [2.75, 3.05) is 6.61 Å². The number of nitro benzene ring substituents is 1. The Kier molecular flexibility index (Phi) is 7.42. The Morgan fingerprint density at radius 3 is 2.66 bits per heavy atom. The van der Waals surface area contributed by atoms with Gasteiger partial charge in [0, 0.05) is 12.1 Å². The highest BCUT2D eigenvalue weighted by molar-refractivity contribution is 6.32. The van der Waals surface area contributed by atoms with E-state index in [1.165, 1.54) is 30.3 Å². The minimum Gasteiger partial charge on any atom is -0.490 e. The number of nitriles is 1. The Labute approximate surface area is 189 Å². The van der Waals surface area contributed by atoms with Gasteiger partial charge in [0.25, 0.3) is 5.69 Å². The average Bonchev–Trinajstić information content (AvgIpc) is 2.77. The van der Waals surface area contributed by atoms with Crippen molar-refractivity contribution in [3.8, 4) is 17.6 Å². The topological polar surface area (TPSA) is 85.4 Å². The molecule has 0 spiro atoms. The van der Waals surface area contributed by atoms with E-state index < -0.39 is 4.92 Å². The number of allylic oxidation sites excluding steroid dienone is 1. The van der Waals surface area contributed by atoms with Crippen LogP contribution >= 0.6 is 11.6 Å². The first kappa shape index (κ1) is 22.8. The van der Waals surface area contributed by atoms with Crippen LogP contribution < -0.4 is 9.47 Å². The first-order valence-corrected chi connectivity index (χ1v) is 9.99. The van der Waals surface area contributed by atoms with Gasteiger partial charge in [-0.15, -0.1) is 0 Å². The number of nitro groups is 1. The van der Waals surface area contributed by atoms with Crippen LogP contribution in [0.2, 0.25) is 5.02 Å². The van der Waals surface area contributed by atoms with E-state index in [1.54, 1.807) is 43.3 Å². The molecule has 0 radical (unpaired) electrons. The zero-order valence-electron chi connectivity index (χ0n) is 17.0. The molecule has 0 N–H and O–H groups in total. The fraction of sp³-hybridized carbons (Fsp3) is 0.125. The molecule has 0 aliphatic rings. The largest absolute Gasteiger partial charge is 0.490 e. The summed E-state index contributed by atoms with van der Waals surface area (Å²) in [6.45, 7) is 2.23. The highest BCUT2D eigenvalue weighted by Crippen LogP contribution is 2.38. The Morgan fingerprint density at radius 1 is 1.19 bits per heavy atom. The molecule has 32 heavy (non-hydrogen) atoms. The standard InChI is InChI=1S/C24H18ClFN2O4/c1-2-31-23-12-17(9-19(14-27)18-6-4-8-21(13-18)28(29)30)11-22(25)24(23)32-15-16-5-3-7-20(26)10-16/h3-13H,2,15H2,1H3/b19-9-. The molecule has 0 fully saturated rings. The number of hydrogen-bond acceptors (Lipinski definition) is 5. The number of halogens is 2. The van der Waals surface area contributed by atoms with E-state index >= 15 is 0 Å². The van der Waals surface area contributed by atoms with Crippen molar-refractivity contribution in [1.29, 1.82) is 5.26 Å². The van der Waals surface area contributed by atoms with Crippen LogP contribution in [-0.2, 0) is 6.61 Å². The second-order valence-electron chi connectivity index (χ2n) is 6.66. The Hall–Kier alpha value is -3.89. The minimum absolute atomic E-state index is 0.0872. The van der Waals surface area contributed by atoms with Gasteiger partial charge in [0.15, 0.2) is 11.5 Å². The minimum atomic E-state index is -0.521. The summed E-state index contributed by atoms with van der Waals surface area (Å²) in [5.41, 5.74) is 1.70. The van der Waals surface area contributed by atoms with Crippen LogP contribution in [0.3, 0.4) is 0 Å². The lowest BCUT2D eigenvalue weighted by molar-refractivity contribution is -0.384. The summed E-state index contributed by atoms with van der Waals surface area (Å²) in [7, 11) is 0. The summed E-state index contributed by atoms with van der Waals surface area (Å²) >= 11 is 6.43. The highest BCUT2D eigenvalue weighted by Gasteiger charge is 2.14. The molecule has 3 rings (SSSR count). The molecule has 3 aromatic carbocycles. The molecular formula is C24H18ClFN2O4. The lowest BCUT2D eigenvalue weighted by Crippen LogP contribution is -2.01. The van der Waals surface area contributed by atoms with E-state index in [2.05, 4.69) is 6.07 Å². The van der Waals surface area contributed by atoms with Crippen LogP contribution in [-0.4, -0.2) is 11.5 Å². The predicted molar refractivity (Wildman–Crippen MR) is 120 cm³/mol. The maximum atomic E-state index is 13.4. The third kappa shape index (κ3) is 5.62. The number of hydrogen-bond donors (Lipinski definition) is 0. The lowest BCUT2D eigenvalue weighted by atomic mass is 10.0. The fourth-order valence-electron chi connectivity index (χ4n) is 2.99. The van der Waals surface area contributed by atoms with Crippen LogP contribution in [0.1, 0.15) is 23.6 Å². The number of nitrogens with zero attached hydrogens (tertiary/aromatic N) is 2. The molecule has 0 aromatic heterocycles. The molecule has 0 heterocycles. The lowest BCUT2D eigenvalue weighted by Gasteiger charge is -2.15. The first-order chi connectivity index (χ1) is 15.4. The Bertz CT molecular complexity index is 1220. The molecule has 162 valence electrons. The maximum absolute atomic E-state index is 13.4. The van der Waals surface area contributed by atoms with E-state index in [9.17, 15) is 19.8 Å². The summed E-state index contributed by atoms with van der Waals surface area (Å²) < 4.78 is 24.9. The number of rotatable bonds is 8. The molecule has 0 bridgehead atoms. The Balaban J connectivity index is 1.94. The van der Waals surface area contributed by atoms with Crippen molar-refractivity contribution in [2.45, 2.75) is 13.5 Å². The molecular weight excluding hydrogens is 435 g/mol. The second-order valence-corrected chi connectivity index (χ2v) is 7.07. The van der Waals surface area contributed by atoms with Crippen LogP contribution in [0.4, 0.5) is 10.1 Å². The van der Waals surface area contributed by atoms with Crippen molar-refractivity contribution in [1.82, 2.24) is 0 Å². The van der Waals surface area contributed by atoms with Crippen LogP contribution in [0.15, 0.2) is 60.7 Å². The molecule has 0 atom stereocenters. The monoisotopic (exact) mass is 452 g/mol. The highest BCUT2D eigenvalue weighted by atomic mass is 35.5. The number of benzene rings is 3. The van der Waals surface area contributed by atoms with Crippen molar-refractivity contribution in [3.05, 3.63) is 98.3 Å². The molecule has 8 heteroatoms. The summed E-state index contributed by atoms with van der Waals surface area (Å²) in [5, 5.41) is 20.9. The van der Waals surface area contributed by atoms with E-state index in [0.29, 0.717) is 34.8 Å². The van der Waals surface area contributed by atoms with Crippen LogP contribution in [0.5, 0.6) is 11.5 Å². The predicted octanol–water partition coefficient (Wildman–Crippen LogP) is 6.43. The molecule has 0 aliphatic heterocycles. The summed E-state index contributed by atoms with van der Waals surface area (Å²) in [4.78, 5) is 10.5. The SMILES string of the molecule is CCOc1cc(/C=C(/C#N)c2cccc([N+](=O)[O-])c2)cc(Cl)c1OCc1cccc(F)c1. The number of ether oxygens (including phenoxy) is 2. The third-order valence-electron chi connectivity index (χ3n) is 4.40. The van der Waals surface area contributed by atoms with Crippen molar-refractivity contribution in [3.63, 3.8) is 0 Å². The molecule has 0 aliphatic carbocycles. The van der Waals surface area contributed by atoms with E-state index in [0.717, 1.165) is 0 Å². The van der Waals surface area contributed by atoms with Crippen molar-refractivity contribution >= 4 is 28.9 Å². The van der Waals surface area contributed by atoms with E-state index in [1.807, 2.05) is 0 Å². The molecule has 0 unspecified atom stereocenters. The van der Waals surface area contributed by atoms with E-state index in [-0.39, 0.29) is 28.7 Å². The second kappa shape index (κ2) is 10.4. The summed E-state index contributed by atoms with van der Waals surface area (Å²) in [6, 6.07) is 17.2. The van der Waals surface area contributed by atoms with Gasteiger partial charge in [-0.1, -0.05) is 35.9 Å². The van der Waals surface area contributed by atoms with Gasteiger partial charge in [0.1, 0.15) is 12.4 Å². The van der Waals surface area contributed by atoms with Gasteiger partial charge in [-0.3, -0.25) is 10.1 Å². The molecule has 0 saturated carbocycles. The zero-order chi connectivity index (χ0) is 23.1. The first-order valence-electron chi connectivity index (χ1n) is 9.61. The summed E-state index contributed by atoms with van der Waals surface area (Å²) in [5.74, 6) is 0.288. The maximum Gasteiger partial charge on any atom is 0.270 e. The van der Waals surface area contributed by atoms with Gasteiger partial charge in [-0.2, -0.15) is 5.26 Å². The van der Waals surface area contributed by atoms with Gasteiger partial charge in [0.2, 0.25) is 0 Å². The third-order valence-corrected chi connectivity index (χ3v) is 4.68. The molecule has 0 amide bonds. The Morgan fingerprint density at radius 2 is 1.97 bits per heavy atom. The van der Waals surface area contributed by atoms with Crippen molar-refractivity contribution in [2.24, 2.45) is 0 Å². The van der Waals surface area contributed by atoms with Gasteiger partial charge in [-0.05, 0) is 54.0 Å². The average molecular weight is 453 g/mol. The molecule has 6 nitrogen and oxygen atoms in total. The normalized spacial score (nSPS) is 11.0. The van der Waals surface area contributed by atoms with Gasteiger partial charge in [-0.25, -0.2) is 4.39 Å². The van der Waals surface area contributed by atoms with Crippen molar-refractivity contribution < 1.29 is 18.8 Å². The number of non-ortho nitro benzene ring substituents is 1. The molecule has 3 aromatic rings. The van der Waals surface area contributed by atoms with Gasteiger partial charge >= 0.3 is 0 Å². The van der Waals surface area contributed by atoms with Crippen LogP contribution in [0.25, 0.3) is 11.6 Å². The van der Waals surface area contributed by atoms with Gasteiger partial charge in [0.05, 0.1) is 28.2 Å². The summed E-state index contributed by atoms with van der Waals surface area (Å²) in [6.07, 6.45) is 1.56. The van der Waals surface area contributed by atoms with E-state index in [4.69, 9.17) is 21.1 Å². The molecule has 0 saturated heterocycles. The zero-order valence-corrected chi connectivity index (χ0v) is 17.8. The van der Waals surface area contributed by atoms with Crippen LogP contribution in [0, 0.1) is 27.3 Å². The quantitative estimate of drug-likeness (QED) is 0.170. The smallest absolute Gasteiger partial charge is 0.270 e.